The van der Waals surface area contributed by atoms with Crippen molar-refractivity contribution >= 4 is 22.3 Å². The molecule has 1 heterocycles. The van der Waals surface area contributed by atoms with Crippen LogP contribution in [0.25, 0.3) is 0 Å². The van der Waals surface area contributed by atoms with Gasteiger partial charge in [-0.2, -0.15) is 13.1 Å². The predicted molar refractivity (Wildman–Crippen MR) is 59.4 cm³/mol. The molecule has 0 aromatic carbocycles. The van der Waals surface area contributed by atoms with Gasteiger partial charge in [-0.1, -0.05) is 5.21 Å². The smallest absolute Gasteiger partial charge is 0.421 e. The van der Waals surface area contributed by atoms with Crippen LogP contribution < -0.4 is 9.44 Å². The zero-order valence-corrected chi connectivity index (χ0v) is 10.5. The molecule has 12 heteroatoms. The van der Waals surface area contributed by atoms with Crippen LogP contribution in [-0.2, 0) is 21.5 Å². The third kappa shape index (κ3) is 4.89. The van der Waals surface area contributed by atoms with E-state index in [1.807, 2.05) is 4.72 Å². The summed E-state index contributed by atoms with van der Waals surface area (Å²) in [6.45, 7) is -0.0723. The van der Waals surface area contributed by atoms with E-state index in [1.165, 1.54) is 0 Å². The highest BCUT2D eigenvalue weighted by molar-refractivity contribution is 7.88. The number of amides is 1. The third-order valence-electron chi connectivity index (χ3n) is 1.79. The highest BCUT2D eigenvalue weighted by Crippen LogP contribution is 1.92. The number of hydrogen-bond donors (Lipinski definition) is 3. The first-order valence-electron chi connectivity index (χ1n) is 4.83. The summed E-state index contributed by atoms with van der Waals surface area (Å²) in [6, 6.07) is 0. The number of aromatic nitrogens is 3. The number of carboxylic acid groups (broad SMARTS) is 1. The van der Waals surface area contributed by atoms with Crippen molar-refractivity contribution < 1.29 is 27.9 Å². The van der Waals surface area contributed by atoms with Crippen LogP contribution >= 0.6 is 0 Å². The minimum Gasteiger partial charge on any atom is -0.476 e. The summed E-state index contributed by atoms with van der Waals surface area (Å²) in [5, 5.41) is 15.4. The molecule has 1 rings (SSSR count). The van der Waals surface area contributed by atoms with Crippen LogP contribution in [0.5, 0.6) is 0 Å². The fourth-order valence-corrected chi connectivity index (χ4v) is 1.72. The number of carbonyl (C=O) groups is 2. The lowest BCUT2D eigenvalue weighted by atomic mass is 10.5. The molecule has 0 saturated heterocycles. The molecular formula is C7H11N5O6S. The number of carboxylic acids is 1. The molecule has 0 aliphatic carbocycles. The number of methoxy groups -OCH3 is 1. The molecule has 1 aromatic rings. The van der Waals surface area contributed by atoms with E-state index in [1.54, 1.807) is 4.72 Å². The number of aromatic carboxylic acids is 1. The minimum absolute atomic E-state index is 0.0440. The van der Waals surface area contributed by atoms with Crippen molar-refractivity contribution in [2.45, 2.75) is 6.54 Å². The van der Waals surface area contributed by atoms with E-state index in [4.69, 9.17) is 5.11 Å². The Kier molecular flexibility index (Phi) is 4.77. The molecule has 0 saturated carbocycles. The van der Waals surface area contributed by atoms with Crippen LogP contribution in [0.4, 0.5) is 4.79 Å². The lowest BCUT2D eigenvalue weighted by molar-refractivity contribution is 0.0690. The normalized spacial score (nSPS) is 11.0. The van der Waals surface area contributed by atoms with E-state index in [2.05, 4.69) is 15.0 Å². The highest BCUT2D eigenvalue weighted by atomic mass is 32.2. The zero-order chi connectivity index (χ0) is 14.5. The Morgan fingerprint density at radius 2 is 2.21 bits per heavy atom. The molecule has 0 radical (unpaired) electrons. The van der Waals surface area contributed by atoms with E-state index in [0.717, 1.165) is 18.0 Å². The van der Waals surface area contributed by atoms with Crippen molar-refractivity contribution in [1.82, 2.24) is 24.4 Å². The van der Waals surface area contributed by atoms with E-state index >= 15 is 0 Å². The Morgan fingerprint density at radius 1 is 1.53 bits per heavy atom. The SMILES string of the molecule is COC(=O)NS(=O)(=O)NCCn1cc(C(=O)O)nn1. The van der Waals surface area contributed by atoms with Gasteiger partial charge in [-0.15, -0.1) is 5.10 Å². The number of nitrogens with zero attached hydrogens (tertiary/aromatic N) is 3. The topological polar surface area (TPSA) is 153 Å². The van der Waals surface area contributed by atoms with Crippen LogP contribution in [0.2, 0.25) is 0 Å². The van der Waals surface area contributed by atoms with Gasteiger partial charge in [0.15, 0.2) is 5.69 Å². The van der Waals surface area contributed by atoms with E-state index in [-0.39, 0.29) is 18.8 Å². The predicted octanol–water partition coefficient (Wildman–Crippen LogP) is -1.83. The monoisotopic (exact) mass is 293 g/mol. The molecule has 0 spiro atoms. The standard InChI is InChI=1S/C7H11N5O6S/c1-18-7(15)10-19(16,17)8-2-3-12-4-5(6(13)14)9-11-12/h4,8H,2-3H2,1H3,(H,10,15)(H,13,14). The average molecular weight is 293 g/mol. The van der Waals surface area contributed by atoms with E-state index in [0.29, 0.717) is 0 Å². The maximum atomic E-state index is 11.2. The van der Waals surface area contributed by atoms with Crippen molar-refractivity contribution in [3.63, 3.8) is 0 Å². The van der Waals surface area contributed by atoms with Crippen LogP contribution in [-0.4, -0.2) is 54.2 Å². The van der Waals surface area contributed by atoms with Gasteiger partial charge in [0, 0.05) is 6.54 Å². The summed E-state index contributed by atoms with van der Waals surface area (Å²) in [6.07, 6.45) is 0.0195. The first-order chi connectivity index (χ1) is 8.84. The number of nitrogens with one attached hydrogen (secondary N) is 2. The van der Waals surface area contributed by atoms with Crippen LogP contribution in [0.1, 0.15) is 10.5 Å². The first kappa shape index (κ1) is 14.8. The largest absolute Gasteiger partial charge is 0.476 e. The Balaban J connectivity index is 2.45. The molecule has 0 unspecified atom stereocenters. The number of carbonyl (C=O) groups excluding carboxylic acids is 1. The molecule has 0 bridgehead atoms. The van der Waals surface area contributed by atoms with Gasteiger partial charge in [0.05, 0.1) is 19.9 Å². The maximum Gasteiger partial charge on any atom is 0.421 e. The molecule has 1 amide bonds. The maximum absolute atomic E-state index is 11.2. The summed E-state index contributed by atoms with van der Waals surface area (Å²) in [5.41, 5.74) is -0.254. The average Bonchev–Trinajstić information content (AvgIpc) is 2.77. The zero-order valence-electron chi connectivity index (χ0n) is 9.73. The molecule has 3 N–H and O–H groups in total. The quantitative estimate of drug-likeness (QED) is 0.553. The molecular weight excluding hydrogens is 282 g/mol. The van der Waals surface area contributed by atoms with Gasteiger partial charge in [0.2, 0.25) is 0 Å². The van der Waals surface area contributed by atoms with Crippen LogP contribution in [0.3, 0.4) is 0 Å². The summed E-state index contributed by atoms with van der Waals surface area (Å²) in [4.78, 5) is 21.2. The fourth-order valence-electron chi connectivity index (χ4n) is 0.988. The molecule has 11 nitrogen and oxygen atoms in total. The van der Waals surface area contributed by atoms with Gasteiger partial charge < -0.3 is 9.84 Å². The number of rotatable bonds is 6. The van der Waals surface area contributed by atoms with E-state index < -0.39 is 22.3 Å². The van der Waals surface area contributed by atoms with Crippen molar-refractivity contribution in [3.05, 3.63) is 11.9 Å². The lowest BCUT2D eigenvalue weighted by Crippen LogP contribution is -2.41. The number of hydrogen-bond acceptors (Lipinski definition) is 7. The van der Waals surface area contributed by atoms with Gasteiger partial charge in [0.1, 0.15) is 0 Å². The summed E-state index contributed by atoms with van der Waals surface area (Å²) in [5.74, 6) is -1.24. The second-order valence-electron chi connectivity index (χ2n) is 3.16. The molecule has 19 heavy (non-hydrogen) atoms. The Morgan fingerprint density at radius 3 is 2.74 bits per heavy atom. The molecule has 0 aliphatic rings. The fraction of sp³-hybridized carbons (Fsp3) is 0.429. The summed E-state index contributed by atoms with van der Waals surface area (Å²) < 4.78 is 31.4. The van der Waals surface area contributed by atoms with Gasteiger partial charge in [-0.05, 0) is 0 Å². The molecule has 1 aromatic heterocycles. The molecule has 0 fully saturated rings. The van der Waals surface area contributed by atoms with Crippen molar-refractivity contribution in [2.75, 3.05) is 13.7 Å². The summed E-state index contributed by atoms with van der Waals surface area (Å²) in [7, 11) is -3.00. The second-order valence-corrected chi connectivity index (χ2v) is 4.66. The number of ether oxygens (including phenoxy) is 1. The lowest BCUT2D eigenvalue weighted by Gasteiger charge is -2.06. The second kappa shape index (κ2) is 6.10. The minimum atomic E-state index is -4.02. The third-order valence-corrected chi connectivity index (χ3v) is 2.81. The van der Waals surface area contributed by atoms with Crippen molar-refractivity contribution in [3.8, 4) is 0 Å². The van der Waals surface area contributed by atoms with Crippen molar-refractivity contribution in [2.24, 2.45) is 0 Å². The van der Waals surface area contributed by atoms with Gasteiger partial charge >= 0.3 is 22.3 Å². The van der Waals surface area contributed by atoms with Crippen LogP contribution in [0.15, 0.2) is 6.20 Å². The molecule has 0 aliphatic heterocycles. The van der Waals surface area contributed by atoms with Gasteiger partial charge in [0.25, 0.3) is 0 Å². The Hall–Kier alpha value is -2.21. The Bertz CT molecular complexity index is 566. The van der Waals surface area contributed by atoms with Gasteiger partial charge in [-0.3, -0.25) is 4.68 Å². The summed E-state index contributed by atoms with van der Waals surface area (Å²) >= 11 is 0. The molecule has 106 valence electrons. The Labute approximate surface area is 107 Å². The molecule has 0 atom stereocenters. The van der Waals surface area contributed by atoms with Crippen LogP contribution in [0, 0.1) is 0 Å². The highest BCUT2D eigenvalue weighted by Gasteiger charge is 2.14. The van der Waals surface area contributed by atoms with Gasteiger partial charge in [-0.25, -0.2) is 14.3 Å². The first-order valence-corrected chi connectivity index (χ1v) is 6.31. The van der Waals surface area contributed by atoms with E-state index in [9.17, 15) is 18.0 Å². The van der Waals surface area contributed by atoms with Crippen molar-refractivity contribution in [1.29, 1.82) is 0 Å².